The zero-order chi connectivity index (χ0) is 10.2. The molecule has 0 saturated heterocycles. The third-order valence-corrected chi connectivity index (χ3v) is 3.72. The highest BCUT2D eigenvalue weighted by atomic mass is 32.2. The zero-order valence-corrected chi connectivity index (χ0v) is 8.40. The van der Waals surface area contributed by atoms with Crippen molar-refractivity contribution in [3.05, 3.63) is 24.5 Å². The Labute approximate surface area is 81.3 Å². The van der Waals surface area contributed by atoms with Crippen molar-refractivity contribution in [2.24, 2.45) is 0 Å². The summed E-state index contributed by atoms with van der Waals surface area (Å²) >= 11 is 0. The second-order valence-electron chi connectivity index (χ2n) is 2.83. The van der Waals surface area contributed by atoms with E-state index in [-0.39, 0.29) is 10.8 Å². The Hall–Kier alpha value is -1.43. The van der Waals surface area contributed by atoms with Crippen LogP contribution in [0.2, 0.25) is 0 Å². The van der Waals surface area contributed by atoms with Crippen LogP contribution in [-0.4, -0.2) is 28.8 Å². The molecule has 2 rings (SSSR count). The number of hydrogen-bond acceptors (Lipinski definition) is 4. The van der Waals surface area contributed by atoms with Crippen LogP contribution in [0, 0.1) is 0 Å². The number of nitrogens with zero attached hydrogens (tertiary/aromatic N) is 3. The summed E-state index contributed by atoms with van der Waals surface area (Å²) in [6.07, 6.45) is 1.40. The largest absolute Gasteiger partial charge is 0.272 e. The first-order valence-corrected chi connectivity index (χ1v) is 5.82. The van der Waals surface area contributed by atoms with E-state index in [0.29, 0.717) is 5.65 Å². The Bertz CT molecular complexity index is 559. The highest BCUT2D eigenvalue weighted by molar-refractivity contribution is 7.91. The van der Waals surface area contributed by atoms with Crippen LogP contribution in [0.15, 0.2) is 29.6 Å². The fourth-order valence-electron chi connectivity index (χ4n) is 1.23. The molecule has 0 aliphatic heterocycles. The molecule has 5 nitrogen and oxygen atoms in total. The van der Waals surface area contributed by atoms with Crippen LogP contribution in [0.4, 0.5) is 0 Å². The first kappa shape index (κ1) is 9.14. The van der Waals surface area contributed by atoms with Crippen LogP contribution in [0.5, 0.6) is 0 Å². The maximum atomic E-state index is 11.6. The molecule has 0 bridgehead atoms. The van der Waals surface area contributed by atoms with Gasteiger partial charge in [-0.25, -0.2) is 8.42 Å². The summed E-state index contributed by atoms with van der Waals surface area (Å²) in [5, 5.41) is 7.67. The predicted octanol–water partition coefficient (Wildman–Crippen LogP) is 0.523. The SMILES string of the molecule is CCS(=O)(=O)c1cccc2nncn12. The summed E-state index contributed by atoms with van der Waals surface area (Å²) in [7, 11) is -3.21. The highest BCUT2D eigenvalue weighted by Gasteiger charge is 2.15. The number of hydrogen-bond donors (Lipinski definition) is 0. The fourth-order valence-corrected chi connectivity index (χ4v) is 2.25. The predicted molar refractivity (Wildman–Crippen MR) is 50.7 cm³/mol. The van der Waals surface area contributed by atoms with Gasteiger partial charge < -0.3 is 0 Å². The minimum Gasteiger partial charge on any atom is -0.272 e. The molecule has 14 heavy (non-hydrogen) atoms. The van der Waals surface area contributed by atoms with E-state index in [1.165, 1.54) is 10.7 Å². The maximum absolute atomic E-state index is 11.6. The van der Waals surface area contributed by atoms with Gasteiger partial charge in [0.15, 0.2) is 15.5 Å². The van der Waals surface area contributed by atoms with Crippen molar-refractivity contribution in [1.29, 1.82) is 0 Å². The van der Waals surface area contributed by atoms with Gasteiger partial charge in [-0.05, 0) is 12.1 Å². The summed E-state index contributed by atoms with van der Waals surface area (Å²) in [5.74, 6) is 0.0737. The fraction of sp³-hybridized carbons (Fsp3) is 0.250. The smallest absolute Gasteiger partial charge is 0.193 e. The van der Waals surface area contributed by atoms with Gasteiger partial charge in [-0.3, -0.25) is 4.40 Å². The molecule has 0 aromatic carbocycles. The summed E-state index contributed by atoms with van der Waals surface area (Å²) in [4.78, 5) is 0. The molecule has 6 heteroatoms. The molecule has 0 atom stereocenters. The Morgan fingerprint density at radius 1 is 1.43 bits per heavy atom. The Morgan fingerprint density at radius 2 is 2.21 bits per heavy atom. The highest BCUT2D eigenvalue weighted by Crippen LogP contribution is 2.12. The van der Waals surface area contributed by atoms with E-state index in [1.807, 2.05) is 0 Å². The van der Waals surface area contributed by atoms with E-state index >= 15 is 0 Å². The molecule has 0 aliphatic rings. The van der Waals surface area contributed by atoms with Crippen molar-refractivity contribution < 1.29 is 8.42 Å². The molecule has 0 saturated carbocycles. The quantitative estimate of drug-likeness (QED) is 0.726. The molecule has 0 fully saturated rings. The number of pyridine rings is 1. The van der Waals surface area contributed by atoms with Crippen molar-refractivity contribution in [3.8, 4) is 0 Å². The van der Waals surface area contributed by atoms with Gasteiger partial charge >= 0.3 is 0 Å². The Balaban J connectivity index is 2.81. The van der Waals surface area contributed by atoms with E-state index in [4.69, 9.17) is 0 Å². The maximum Gasteiger partial charge on any atom is 0.193 e. The molecule has 0 N–H and O–H groups in total. The first-order valence-electron chi connectivity index (χ1n) is 4.16. The summed E-state index contributed by atoms with van der Waals surface area (Å²) in [6, 6.07) is 4.92. The molecule has 0 radical (unpaired) electrons. The van der Waals surface area contributed by atoms with Crippen LogP contribution in [-0.2, 0) is 9.84 Å². The molecule has 2 heterocycles. The molecule has 0 spiro atoms. The van der Waals surface area contributed by atoms with Gasteiger partial charge in [-0.2, -0.15) is 0 Å². The molecule has 2 aromatic rings. The summed E-state index contributed by atoms with van der Waals surface area (Å²) in [5.41, 5.74) is 0.541. The number of rotatable bonds is 2. The standard InChI is InChI=1S/C8H9N3O2S/c1-2-14(12,13)8-5-3-4-7-10-9-6-11(7)8/h3-6H,2H2,1H3. The van der Waals surface area contributed by atoms with E-state index < -0.39 is 9.84 Å². The lowest BCUT2D eigenvalue weighted by molar-refractivity contribution is 0.592. The lowest BCUT2D eigenvalue weighted by Crippen LogP contribution is -2.08. The summed E-state index contributed by atoms with van der Waals surface area (Å²) in [6.45, 7) is 1.61. The molecule has 0 aliphatic carbocycles. The molecule has 2 aromatic heterocycles. The van der Waals surface area contributed by atoms with E-state index in [0.717, 1.165) is 0 Å². The molecular weight excluding hydrogens is 202 g/mol. The van der Waals surface area contributed by atoms with Crippen LogP contribution in [0.1, 0.15) is 6.92 Å². The minimum atomic E-state index is -3.21. The average molecular weight is 211 g/mol. The zero-order valence-electron chi connectivity index (χ0n) is 7.58. The van der Waals surface area contributed by atoms with Crippen molar-refractivity contribution >= 4 is 15.5 Å². The van der Waals surface area contributed by atoms with Crippen molar-refractivity contribution in [3.63, 3.8) is 0 Å². The molecule has 0 unspecified atom stereocenters. The average Bonchev–Trinajstić information content (AvgIpc) is 2.64. The van der Waals surface area contributed by atoms with Crippen LogP contribution >= 0.6 is 0 Å². The van der Waals surface area contributed by atoms with Crippen molar-refractivity contribution in [2.45, 2.75) is 11.9 Å². The lowest BCUT2D eigenvalue weighted by Gasteiger charge is -2.02. The normalized spacial score (nSPS) is 12.1. The monoisotopic (exact) mass is 211 g/mol. The molecular formula is C8H9N3O2S. The Morgan fingerprint density at radius 3 is 2.93 bits per heavy atom. The first-order chi connectivity index (χ1) is 6.65. The second-order valence-corrected chi connectivity index (χ2v) is 5.05. The third-order valence-electron chi connectivity index (χ3n) is 1.99. The van der Waals surface area contributed by atoms with Crippen molar-refractivity contribution in [2.75, 3.05) is 5.75 Å². The second kappa shape index (κ2) is 3.06. The van der Waals surface area contributed by atoms with Gasteiger partial charge in [0.2, 0.25) is 0 Å². The summed E-state index contributed by atoms with van der Waals surface area (Å²) < 4.78 is 24.7. The third kappa shape index (κ3) is 1.27. The van der Waals surface area contributed by atoms with Crippen LogP contribution in [0.3, 0.4) is 0 Å². The van der Waals surface area contributed by atoms with Crippen molar-refractivity contribution in [1.82, 2.24) is 14.6 Å². The molecule has 0 amide bonds. The van der Waals surface area contributed by atoms with Gasteiger partial charge in [-0.1, -0.05) is 13.0 Å². The van der Waals surface area contributed by atoms with Gasteiger partial charge in [-0.15, -0.1) is 10.2 Å². The van der Waals surface area contributed by atoms with Gasteiger partial charge in [0, 0.05) is 0 Å². The lowest BCUT2D eigenvalue weighted by atomic mass is 10.5. The molecule has 74 valence electrons. The van der Waals surface area contributed by atoms with Gasteiger partial charge in [0.05, 0.1) is 5.75 Å². The van der Waals surface area contributed by atoms with Crippen LogP contribution < -0.4 is 0 Å². The van der Waals surface area contributed by atoms with Gasteiger partial charge in [0.1, 0.15) is 11.4 Å². The van der Waals surface area contributed by atoms with E-state index in [1.54, 1.807) is 25.1 Å². The van der Waals surface area contributed by atoms with E-state index in [9.17, 15) is 8.42 Å². The van der Waals surface area contributed by atoms with Gasteiger partial charge in [0.25, 0.3) is 0 Å². The van der Waals surface area contributed by atoms with E-state index in [2.05, 4.69) is 10.2 Å². The van der Waals surface area contributed by atoms with Crippen LogP contribution in [0.25, 0.3) is 5.65 Å². The number of sulfone groups is 1. The minimum absolute atomic E-state index is 0.0737. The number of fused-ring (bicyclic) bond motifs is 1. The Kier molecular flexibility index (Phi) is 1.99. The number of aromatic nitrogens is 3. The topological polar surface area (TPSA) is 64.3 Å².